The molecule has 0 aromatic heterocycles. The van der Waals surface area contributed by atoms with Crippen LogP contribution in [0.25, 0.3) is 10.8 Å². The molecule has 2 saturated heterocycles. The average Bonchev–Trinajstić information content (AvgIpc) is 3.29. The van der Waals surface area contributed by atoms with Gasteiger partial charge in [0.25, 0.3) is 0 Å². The van der Waals surface area contributed by atoms with Crippen LogP contribution in [-0.4, -0.2) is 83.7 Å². The molecular weight excluding hydrogens is 496 g/mol. The normalized spacial score (nSPS) is 19.1. The van der Waals surface area contributed by atoms with Crippen molar-refractivity contribution in [2.75, 3.05) is 33.8 Å². The van der Waals surface area contributed by atoms with Gasteiger partial charge < -0.3 is 19.9 Å². The minimum absolute atomic E-state index is 0.103. The van der Waals surface area contributed by atoms with E-state index >= 15 is 0 Å². The zero-order valence-electron chi connectivity index (χ0n) is 21.9. The molecule has 2 aliphatic heterocycles. The quantitative estimate of drug-likeness (QED) is 0.474. The third-order valence-corrected chi connectivity index (χ3v) is 7.37. The number of carbonyl (C=O) groups excluding carboxylic acids is 3. The van der Waals surface area contributed by atoms with Gasteiger partial charge in [-0.1, -0.05) is 54.6 Å². The maximum Gasteiger partial charge on any atom is 0.332 e. The van der Waals surface area contributed by atoms with Crippen LogP contribution >= 0.6 is 0 Å². The van der Waals surface area contributed by atoms with E-state index in [0.29, 0.717) is 18.7 Å². The summed E-state index contributed by atoms with van der Waals surface area (Å²) in [4.78, 5) is 43.4. The molecule has 10 heteroatoms. The maximum atomic E-state index is 14.0. The summed E-state index contributed by atoms with van der Waals surface area (Å²) in [5.41, 5.74) is 1.88. The lowest BCUT2D eigenvalue weighted by Crippen LogP contribution is -2.65. The Kier molecular flexibility index (Phi) is 7.34. The van der Waals surface area contributed by atoms with Crippen LogP contribution in [0.1, 0.15) is 11.1 Å². The number of hydrogen-bond acceptors (Lipinski definition) is 6. The number of hydrogen-bond donors (Lipinski definition) is 1. The molecule has 5 rings (SSSR count). The molecule has 200 valence electrons. The summed E-state index contributed by atoms with van der Waals surface area (Å²) < 4.78 is 5.27. The van der Waals surface area contributed by atoms with Crippen molar-refractivity contribution in [3.05, 3.63) is 77.9 Å². The lowest BCUT2D eigenvalue weighted by Gasteiger charge is -2.46. The Morgan fingerprint density at radius 3 is 2.56 bits per heavy atom. The molecule has 0 aliphatic carbocycles. The van der Waals surface area contributed by atoms with Crippen molar-refractivity contribution in [3.8, 4) is 11.8 Å². The van der Waals surface area contributed by atoms with Crippen LogP contribution in [0.15, 0.2) is 66.7 Å². The highest BCUT2D eigenvalue weighted by Gasteiger charge is 2.52. The number of hydrazine groups is 1. The number of ether oxygens (including phenoxy) is 1. The highest BCUT2D eigenvalue weighted by molar-refractivity contribution is 5.92. The minimum atomic E-state index is -0.766. The Labute approximate surface area is 226 Å². The fraction of sp³-hybridized carbons (Fsp3) is 0.310. The number of nitrogens with one attached hydrogen (secondary N) is 1. The topological polar surface area (TPSA) is 109 Å². The number of methoxy groups -OCH3 is 1. The second-order valence-corrected chi connectivity index (χ2v) is 9.58. The van der Waals surface area contributed by atoms with Crippen molar-refractivity contribution >= 4 is 28.6 Å². The van der Waals surface area contributed by atoms with E-state index in [4.69, 9.17) is 4.74 Å². The monoisotopic (exact) mass is 526 g/mol. The van der Waals surface area contributed by atoms with Crippen molar-refractivity contribution in [2.45, 2.75) is 25.2 Å². The van der Waals surface area contributed by atoms with Crippen LogP contribution in [0.5, 0.6) is 5.75 Å². The molecule has 0 saturated carbocycles. The van der Waals surface area contributed by atoms with Crippen molar-refractivity contribution in [1.29, 1.82) is 5.26 Å². The average molecular weight is 527 g/mol. The fourth-order valence-electron chi connectivity index (χ4n) is 5.49. The van der Waals surface area contributed by atoms with Gasteiger partial charge in [-0.3, -0.25) is 9.59 Å². The highest BCUT2D eigenvalue weighted by Crippen LogP contribution is 2.31. The second-order valence-electron chi connectivity index (χ2n) is 9.58. The van der Waals surface area contributed by atoms with Gasteiger partial charge in [0.1, 0.15) is 24.5 Å². The molecule has 0 bridgehead atoms. The van der Waals surface area contributed by atoms with E-state index in [1.807, 2.05) is 72.8 Å². The van der Waals surface area contributed by atoms with Gasteiger partial charge in [0.2, 0.25) is 11.8 Å². The third-order valence-electron chi connectivity index (χ3n) is 7.37. The molecule has 2 aliphatic rings. The first-order valence-electron chi connectivity index (χ1n) is 12.8. The predicted molar refractivity (Wildman–Crippen MR) is 144 cm³/mol. The van der Waals surface area contributed by atoms with E-state index < -0.39 is 18.2 Å². The van der Waals surface area contributed by atoms with Gasteiger partial charge >= 0.3 is 6.03 Å². The number of nitrogens with zero attached hydrogens (tertiary/aromatic N) is 5. The van der Waals surface area contributed by atoms with Gasteiger partial charge in [-0.2, -0.15) is 10.3 Å². The van der Waals surface area contributed by atoms with Crippen LogP contribution in [0, 0.1) is 11.3 Å². The molecule has 0 unspecified atom stereocenters. The van der Waals surface area contributed by atoms with Crippen molar-refractivity contribution < 1.29 is 19.1 Å². The molecule has 0 spiro atoms. The van der Waals surface area contributed by atoms with Gasteiger partial charge in [0.05, 0.1) is 26.3 Å². The maximum absolute atomic E-state index is 14.0. The Morgan fingerprint density at radius 2 is 1.85 bits per heavy atom. The molecule has 1 N–H and O–H groups in total. The van der Waals surface area contributed by atoms with Crippen LogP contribution in [0.3, 0.4) is 0 Å². The first-order chi connectivity index (χ1) is 18.9. The summed E-state index contributed by atoms with van der Waals surface area (Å²) >= 11 is 0. The number of carbonyl (C=O) groups is 3. The van der Waals surface area contributed by atoms with E-state index in [1.54, 1.807) is 21.9 Å². The number of rotatable bonds is 7. The zero-order chi connectivity index (χ0) is 27.5. The van der Waals surface area contributed by atoms with Gasteiger partial charge in [-0.05, 0) is 34.0 Å². The summed E-state index contributed by atoms with van der Waals surface area (Å²) in [5.74, 6) is 0.283. The smallest absolute Gasteiger partial charge is 0.332 e. The van der Waals surface area contributed by atoms with Crippen LogP contribution in [0.4, 0.5) is 4.79 Å². The number of piperazine rings is 1. The number of nitriles is 1. The fourth-order valence-corrected chi connectivity index (χ4v) is 5.49. The summed E-state index contributed by atoms with van der Waals surface area (Å²) in [6.45, 7) is 0.224. The van der Waals surface area contributed by atoms with Crippen molar-refractivity contribution in [2.24, 2.45) is 0 Å². The van der Waals surface area contributed by atoms with Crippen LogP contribution in [-0.2, 0) is 22.6 Å². The summed E-state index contributed by atoms with van der Waals surface area (Å²) in [6, 6.07) is 22.2. The minimum Gasteiger partial charge on any atom is -0.497 e. The Balaban J connectivity index is 1.52. The van der Waals surface area contributed by atoms with Crippen LogP contribution < -0.4 is 10.1 Å². The molecule has 2 atom stereocenters. The molecule has 10 nitrogen and oxygen atoms in total. The number of benzene rings is 3. The third kappa shape index (κ3) is 4.96. The Morgan fingerprint density at radius 1 is 1.10 bits per heavy atom. The first kappa shape index (κ1) is 26.0. The number of urea groups is 1. The zero-order valence-corrected chi connectivity index (χ0v) is 21.9. The molecule has 3 aromatic rings. The Hall–Kier alpha value is -4.62. The van der Waals surface area contributed by atoms with E-state index in [9.17, 15) is 19.6 Å². The van der Waals surface area contributed by atoms with Crippen molar-refractivity contribution in [3.63, 3.8) is 0 Å². The largest absolute Gasteiger partial charge is 0.497 e. The molecule has 2 heterocycles. The summed E-state index contributed by atoms with van der Waals surface area (Å²) in [5, 5.41) is 16.9. The van der Waals surface area contributed by atoms with Gasteiger partial charge in [-0.25, -0.2) is 9.80 Å². The van der Waals surface area contributed by atoms with Gasteiger partial charge in [-0.15, -0.1) is 0 Å². The predicted octanol–water partition coefficient (Wildman–Crippen LogP) is 2.35. The van der Waals surface area contributed by atoms with Crippen LogP contribution in [0.2, 0.25) is 0 Å². The SMILES string of the molecule is CNC(=O)N(CC#N)N1CC(=O)N2[C@@H](Cc3ccc(OC)cc3)C(=O)N(Cc3cccc4ccccc34)C[C@@H]21. The molecule has 4 amide bonds. The number of fused-ring (bicyclic) bond motifs is 2. The molecule has 0 radical (unpaired) electrons. The lowest BCUT2D eigenvalue weighted by molar-refractivity contribution is -0.157. The first-order valence-corrected chi connectivity index (χ1v) is 12.8. The van der Waals surface area contributed by atoms with E-state index in [0.717, 1.165) is 21.9 Å². The second kappa shape index (κ2) is 11.0. The van der Waals surface area contributed by atoms with Gasteiger partial charge in [0.15, 0.2) is 0 Å². The van der Waals surface area contributed by atoms with E-state index in [2.05, 4.69) is 5.32 Å². The van der Waals surface area contributed by atoms with Gasteiger partial charge in [0, 0.05) is 20.0 Å². The molecule has 3 aromatic carbocycles. The van der Waals surface area contributed by atoms with Crippen molar-refractivity contribution in [1.82, 2.24) is 25.1 Å². The Bertz CT molecular complexity index is 1430. The molecule has 2 fully saturated rings. The van der Waals surface area contributed by atoms with E-state index in [1.165, 1.54) is 12.1 Å². The summed E-state index contributed by atoms with van der Waals surface area (Å²) in [6.07, 6.45) is -0.289. The highest BCUT2D eigenvalue weighted by atomic mass is 16.5. The number of amides is 4. The lowest BCUT2D eigenvalue weighted by atomic mass is 9.99. The molecule has 39 heavy (non-hydrogen) atoms. The molecular formula is C29H30N6O4. The van der Waals surface area contributed by atoms with E-state index in [-0.39, 0.29) is 31.4 Å². The standard InChI is InChI=1S/C29H30N6O4/c1-31-29(38)33(15-14-30)34-19-27(36)35-25(16-20-10-12-23(39-2)13-11-20)28(37)32(18-26(34)35)17-22-8-5-7-21-6-3-4-9-24(21)22/h3-13,25-26H,15-19H2,1-2H3,(H,31,38)/t25-,26+/m0/s1. The summed E-state index contributed by atoms with van der Waals surface area (Å²) in [7, 11) is 3.07.